The zero-order valence-corrected chi connectivity index (χ0v) is 11.5. The molecule has 1 N–H and O–H groups in total. The molecule has 0 aliphatic rings. The highest BCUT2D eigenvalue weighted by molar-refractivity contribution is 7.14. The van der Waals surface area contributed by atoms with E-state index in [1.165, 1.54) is 23.8 Å². The summed E-state index contributed by atoms with van der Waals surface area (Å²) in [6.45, 7) is 5.83. The molecule has 0 aliphatic heterocycles. The molecule has 0 atom stereocenters. The third-order valence-corrected chi connectivity index (χ3v) is 3.42. The van der Waals surface area contributed by atoms with Crippen LogP contribution >= 0.6 is 11.3 Å². The van der Waals surface area contributed by atoms with Gasteiger partial charge in [0.1, 0.15) is 0 Å². The summed E-state index contributed by atoms with van der Waals surface area (Å²) in [5.41, 5.74) is 3.29. The highest BCUT2D eigenvalue weighted by Crippen LogP contribution is 2.26. The van der Waals surface area contributed by atoms with Gasteiger partial charge in [-0.25, -0.2) is 4.98 Å². The van der Waals surface area contributed by atoms with Crippen molar-refractivity contribution in [3.05, 3.63) is 35.2 Å². The van der Waals surface area contributed by atoms with Crippen molar-refractivity contribution in [1.82, 2.24) is 4.98 Å². The summed E-state index contributed by atoms with van der Waals surface area (Å²) in [4.78, 5) is 15.3. The fourth-order valence-corrected chi connectivity index (χ4v) is 2.42. The van der Waals surface area contributed by atoms with Crippen molar-refractivity contribution in [2.45, 2.75) is 26.7 Å². The van der Waals surface area contributed by atoms with Crippen molar-refractivity contribution >= 4 is 22.4 Å². The molecule has 2 rings (SSSR count). The summed E-state index contributed by atoms with van der Waals surface area (Å²) in [7, 11) is 0. The first kappa shape index (κ1) is 12.8. The van der Waals surface area contributed by atoms with Crippen LogP contribution in [-0.4, -0.2) is 10.9 Å². The van der Waals surface area contributed by atoms with Crippen LogP contribution in [0.4, 0.5) is 5.13 Å². The van der Waals surface area contributed by atoms with Crippen LogP contribution in [0.1, 0.15) is 32.3 Å². The smallest absolute Gasteiger partial charge is 0.223 e. The summed E-state index contributed by atoms with van der Waals surface area (Å²) in [5, 5.41) is 5.29. The van der Waals surface area contributed by atoms with E-state index < -0.39 is 0 Å². The van der Waals surface area contributed by atoms with E-state index in [4.69, 9.17) is 0 Å². The first-order valence-electron chi connectivity index (χ1n) is 5.89. The van der Waals surface area contributed by atoms with Gasteiger partial charge in [-0.15, -0.1) is 11.3 Å². The molecule has 1 aromatic heterocycles. The van der Waals surface area contributed by atoms with Gasteiger partial charge in [0, 0.05) is 17.9 Å². The molecule has 94 valence electrons. The average Bonchev–Trinajstić information content (AvgIpc) is 2.76. The maximum Gasteiger partial charge on any atom is 0.223 e. The maximum absolute atomic E-state index is 10.9. The largest absolute Gasteiger partial charge is 0.302 e. The third-order valence-electron chi connectivity index (χ3n) is 2.66. The predicted octanol–water partition coefficient (Wildman–Crippen LogP) is 3.89. The number of carbonyl (C=O) groups excluding carboxylic acids is 1. The van der Waals surface area contributed by atoms with Crippen molar-refractivity contribution in [2.75, 3.05) is 5.32 Å². The number of hydrogen-bond donors (Lipinski definition) is 1. The number of nitrogens with one attached hydrogen (secondary N) is 1. The Morgan fingerprint density at radius 1 is 1.28 bits per heavy atom. The van der Waals surface area contributed by atoms with Crippen LogP contribution in [0.5, 0.6) is 0 Å². The molecule has 0 bridgehead atoms. The second kappa shape index (κ2) is 5.31. The van der Waals surface area contributed by atoms with Crippen molar-refractivity contribution in [1.29, 1.82) is 0 Å². The number of carbonyl (C=O) groups is 1. The van der Waals surface area contributed by atoms with Crippen LogP contribution < -0.4 is 5.32 Å². The Labute approximate surface area is 111 Å². The van der Waals surface area contributed by atoms with Crippen LogP contribution in [0.2, 0.25) is 0 Å². The van der Waals surface area contributed by atoms with Crippen molar-refractivity contribution in [2.24, 2.45) is 0 Å². The molecule has 3 nitrogen and oxygen atoms in total. The molecular weight excluding hydrogens is 244 g/mol. The summed E-state index contributed by atoms with van der Waals surface area (Å²) >= 11 is 1.44. The minimum atomic E-state index is -0.0916. The van der Waals surface area contributed by atoms with Gasteiger partial charge in [-0.2, -0.15) is 0 Å². The summed E-state index contributed by atoms with van der Waals surface area (Å²) in [5.74, 6) is 0.440. The first-order valence-corrected chi connectivity index (χ1v) is 6.77. The predicted molar refractivity (Wildman–Crippen MR) is 75.9 cm³/mol. The quantitative estimate of drug-likeness (QED) is 0.909. The molecule has 0 spiro atoms. The fraction of sp³-hybridized carbons (Fsp3) is 0.286. The van der Waals surface area contributed by atoms with Gasteiger partial charge in [-0.05, 0) is 11.5 Å². The average molecular weight is 260 g/mol. The molecule has 1 heterocycles. The number of thiazole rings is 1. The lowest BCUT2D eigenvalue weighted by Crippen LogP contribution is -2.04. The molecule has 0 unspecified atom stereocenters. The second-order valence-corrected chi connectivity index (χ2v) is 5.35. The first-order chi connectivity index (χ1) is 8.56. The van der Waals surface area contributed by atoms with Gasteiger partial charge in [0.25, 0.3) is 0 Å². The highest BCUT2D eigenvalue weighted by atomic mass is 32.1. The molecule has 0 fully saturated rings. The van der Waals surface area contributed by atoms with Crippen molar-refractivity contribution in [3.63, 3.8) is 0 Å². The molecular formula is C14H16N2OS. The highest BCUT2D eigenvalue weighted by Gasteiger charge is 2.06. The molecule has 4 heteroatoms. The molecule has 2 aromatic rings. The van der Waals surface area contributed by atoms with Crippen LogP contribution in [0, 0.1) is 0 Å². The molecule has 0 saturated carbocycles. The monoisotopic (exact) mass is 260 g/mol. The molecule has 1 amide bonds. The van der Waals surface area contributed by atoms with Gasteiger partial charge < -0.3 is 5.32 Å². The Morgan fingerprint density at radius 3 is 2.50 bits per heavy atom. The minimum Gasteiger partial charge on any atom is -0.302 e. The topological polar surface area (TPSA) is 42.0 Å². The number of anilines is 1. The van der Waals surface area contributed by atoms with Gasteiger partial charge in [-0.3, -0.25) is 4.79 Å². The number of amides is 1. The van der Waals surface area contributed by atoms with E-state index in [1.807, 2.05) is 5.38 Å². The second-order valence-electron chi connectivity index (χ2n) is 4.50. The van der Waals surface area contributed by atoms with E-state index in [1.54, 1.807) is 0 Å². The molecule has 1 aromatic carbocycles. The molecule has 0 radical (unpaired) electrons. The van der Waals surface area contributed by atoms with Gasteiger partial charge in [0.05, 0.1) is 5.69 Å². The van der Waals surface area contributed by atoms with E-state index in [0.29, 0.717) is 11.0 Å². The Kier molecular flexibility index (Phi) is 3.77. The number of aromatic nitrogens is 1. The molecule has 18 heavy (non-hydrogen) atoms. The van der Waals surface area contributed by atoms with Gasteiger partial charge in [-0.1, -0.05) is 38.1 Å². The number of hydrogen-bond acceptors (Lipinski definition) is 3. The standard InChI is InChI=1S/C14H16N2OS/c1-9(2)11-4-6-12(7-5-11)13-8-18-14(16-13)15-10(3)17/h4-9H,1-3H3,(H,15,16,17). The normalized spacial score (nSPS) is 10.7. The minimum absolute atomic E-state index is 0.0916. The zero-order valence-electron chi connectivity index (χ0n) is 10.7. The Balaban J connectivity index is 2.20. The summed E-state index contributed by atoms with van der Waals surface area (Å²) in [6.07, 6.45) is 0. The van der Waals surface area contributed by atoms with E-state index in [9.17, 15) is 4.79 Å². The van der Waals surface area contributed by atoms with Crippen molar-refractivity contribution in [3.8, 4) is 11.3 Å². The van der Waals surface area contributed by atoms with Crippen LogP contribution in [0.15, 0.2) is 29.6 Å². The lowest BCUT2D eigenvalue weighted by atomic mass is 10.0. The molecule has 0 aliphatic carbocycles. The summed E-state index contributed by atoms with van der Waals surface area (Å²) < 4.78 is 0. The lowest BCUT2D eigenvalue weighted by molar-refractivity contribution is -0.114. The van der Waals surface area contributed by atoms with E-state index >= 15 is 0 Å². The van der Waals surface area contributed by atoms with E-state index in [2.05, 4.69) is 48.4 Å². The van der Waals surface area contributed by atoms with Crippen LogP contribution in [0.3, 0.4) is 0 Å². The Bertz CT molecular complexity index is 543. The SMILES string of the molecule is CC(=O)Nc1nc(-c2ccc(C(C)C)cc2)cs1. The fourth-order valence-electron chi connectivity index (χ4n) is 1.65. The summed E-state index contributed by atoms with van der Waals surface area (Å²) in [6, 6.07) is 8.39. The van der Waals surface area contributed by atoms with E-state index in [-0.39, 0.29) is 5.91 Å². The number of nitrogens with zero attached hydrogens (tertiary/aromatic N) is 1. The van der Waals surface area contributed by atoms with Gasteiger partial charge in [0.2, 0.25) is 5.91 Å². The Hall–Kier alpha value is -1.68. The van der Waals surface area contributed by atoms with Gasteiger partial charge >= 0.3 is 0 Å². The van der Waals surface area contributed by atoms with E-state index in [0.717, 1.165) is 11.3 Å². The van der Waals surface area contributed by atoms with Gasteiger partial charge in [0.15, 0.2) is 5.13 Å². The number of rotatable bonds is 3. The lowest BCUT2D eigenvalue weighted by Gasteiger charge is -2.05. The molecule has 0 saturated heterocycles. The zero-order chi connectivity index (χ0) is 13.1. The maximum atomic E-state index is 10.9. The number of benzene rings is 1. The van der Waals surface area contributed by atoms with Crippen molar-refractivity contribution < 1.29 is 4.79 Å². The van der Waals surface area contributed by atoms with Crippen LogP contribution in [-0.2, 0) is 4.79 Å². The van der Waals surface area contributed by atoms with Crippen LogP contribution in [0.25, 0.3) is 11.3 Å². The third kappa shape index (κ3) is 2.96. The Morgan fingerprint density at radius 2 is 1.94 bits per heavy atom.